The highest BCUT2D eigenvalue weighted by Gasteiger charge is 2.01. The van der Waals surface area contributed by atoms with Crippen LogP contribution in [0.5, 0.6) is 5.75 Å². The van der Waals surface area contributed by atoms with Crippen LogP contribution in [-0.2, 0) is 6.40 Å². The molecule has 2 heteroatoms. The summed E-state index contributed by atoms with van der Waals surface area (Å²) in [6.45, 7) is 1.90. The van der Waals surface area contributed by atoms with Crippen molar-refractivity contribution in [1.29, 1.82) is 0 Å². The summed E-state index contributed by atoms with van der Waals surface area (Å²) in [6, 6.07) is 7.40. The molecule has 1 aromatic carbocycles. The van der Waals surface area contributed by atoms with E-state index in [2.05, 4.69) is 0 Å². The summed E-state index contributed by atoms with van der Waals surface area (Å²) in [5, 5.41) is 8.92. The fraction of sp³-hybridized carbons (Fsp3) is 0.455. The molecule has 2 atom stereocenters. The second-order valence-electron chi connectivity index (χ2n) is 3.10. The van der Waals surface area contributed by atoms with E-state index in [1.165, 1.54) is 0 Å². The highest BCUT2D eigenvalue weighted by Crippen LogP contribution is 2.14. The van der Waals surface area contributed by atoms with Crippen LogP contribution in [-0.4, -0.2) is 18.8 Å². The van der Waals surface area contributed by atoms with Crippen LogP contribution in [0.1, 0.15) is 13.9 Å². The minimum absolute atomic E-state index is 0.0385. The van der Waals surface area contributed by atoms with Gasteiger partial charge < -0.3 is 9.84 Å². The first-order chi connectivity index (χ1) is 6.69. The van der Waals surface area contributed by atoms with E-state index in [0.29, 0.717) is 0 Å². The Morgan fingerprint density at radius 1 is 1.46 bits per heavy atom. The first kappa shape index (κ1) is 8.57. The van der Waals surface area contributed by atoms with Crippen LogP contribution in [0.25, 0.3) is 0 Å². The van der Waals surface area contributed by atoms with E-state index in [1.807, 2.05) is 31.2 Å². The zero-order chi connectivity index (χ0) is 10.6. The van der Waals surface area contributed by atoms with Crippen LogP contribution in [0.4, 0.5) is 0 Å². The van der Waals surface area contributed by atoms with Gasteiger partial charge in [0.2, 0.25) is 0 Å². The normalized spacial score (nSPS) is 16.1. The molecule has 72 valence electrons. The van der Waals surface area contributed by atoms with Crippen molar-refractivity contribution in [2.45, 2.75) is 13.3 Å². The number of aliphatic hydroxyl groups is 1. The number of rotatable bonds is 4. The van der Waals surface area contributed by atoms with E-state index in [4.69, 9.17) is 11.2 Å². The van der Waals surface area contributed by atoms with Gasteiger partial charge in [0.1, 0.15) is 5.75 Å². The Morgan fingerprint density at radius 2 is 2.08 bits per heavy atom. The lowest BCUT2D eigenvalue weighted by Crippen LogP contribution is -2.04. The van der Waals surface area contributed by atoms with Gasteiger partial charge in [-0.15, -0.1) is 0 Å². The molecule has 2 nitrogen and oxygen atoms in total. The van der Waals surface area contributed by atoms with Gasteiger partial charge >= 0.3 is 0 Å². The highest BCUT2D eigenvalue weighted by molar-refractivity contribution is 5.27. The molecule has 0 heterocycles. The topological polar surface area (TPSA) is 29.5 Å². The van der Waals surface area contributed by atoms with Crippen LogP contribution in [0.15, 0.2) is 24.3 Å². The van der Waals surface area contributed by atoms with Crippen molar-refractivity contribution in [1.82, 2.24) is 0 Å². The Morgan fingerprint density at radius 3 is 2.54 bits per heavy atom. The molecule has 0 fully saturated rings. The third-order valence-electron chi connectivity index (χ3n) is 1.88. The number of hydrogen-bond acceptors (Lipinski definition) is 2. The van der Waals surface area contributed by atoms with Gasteiger partial charge in [0.15, 0.2) is 0 Å². The molecular formula is C11H16O2. The van der Waals surface area contributed by atoms with Crippen molar-refractivity contribution in [2.75, 3.05) is 13.7 Å². The summed E-state index contributed by atoms with van der Waals surface area (Å²) in [4.78, 5) is 0. The lowest BCUT2D eigenvalue weighted by molar-refractivity contribution is 0.237. The molecule has 0 saturated carbocycles. The fourth-order valence-corrected chi connectivity index (χ4v) is 1.10. The van der Waals surface area contributed by atoms with E-state index in [9.17, 15) is 0 Å². The third kappa shape index (κ3) is 3.07. The van der Waals surface area contributed by atoms with Crippen molar-refractivity contribution in [3.63, 3.8) is 0 Å². The minimum Gasteiger partial charge on any atom is -0.497 e. The highest BCUT2D eigenvalue weighted by atomic mass is 16.5. The smallest absolute Gasteiger partial charge is 0.118 e. The maximum atomic E-state index is 8.92. The molecule has 1 N–H and O–H groups in total. The molecule has 0 unspecified atom stereocenters. The van der Waals surface area contributed by atoms with Crippen LogP contribution in [0, 0.1) is 5.92 Å². The SMILES string of the molecule is [2H][C@@H](c1ccc(OC)cc1)[C@H](C)CO. The first-order valence-electron chi connectivity index (χ1n) is 4.93. The molecular weight excluding hydrogens is 164 g/mol. The number of hydrogen-bond donors (Lipinski definition) is 1. The predicted molar refractivity (Wildman–Crippen MR) is 52.9 cm³/mol. The van der Waals surface area contributed by atoms with Crippen molar-refractivity contribution in [3.8, 4) is 5.75 Å². The Labute approximate surface area is 80.6 Å². The zero-order valence-electron chi connectivity index (χ0n) is 9.03. The molecule has 0 aliphatic carbocycles. The summed E-state index contributed by atoms with van der Waals surface area (Å²) < 4.78 is 12.9. The summed E-state index contributed by atoms with van der Waals surface area (Å²) in [5.41, 5.74) is 0.910. The Balaban J connectivity index is 2.75. The van der Waals surface area contributed by atoms with E-state index in [0.717, 1.165) is 11.3 Å². The zero-order valence-corrected chi connectivity index (χ0v) is 8.03. The van der Waals surface area contributed by atoms with Crippen LogP contribution in [0.3, 0.4) is 0 Å². The first-order valence-corrected chi connectivity index (χ1v) is 4.36. The average molecular weight is 181 g/mol. The number of aliphatic hydroxyl groups excluding tert-OH is 1. The minimum atomic E-state index is -0.370. The summed E-state index contributed by atoms with van der Waals surface area (Å²) in [6.07, 6.45) is -0.370. The molecule has 0 aromatic heterocycles. The quantitative estimate of drug-likeness (QED) is 0.768. The standard InChI is InChI=1S/C11H16O2/c1-9(8-12)7-10-3-5-11(13-2)6-4-10/h3-6,9,12H,7-8H2,1-2H3/t9-/m0/s1/i7D/t7-,9+/m1. The molecule has 1 aromatic rings. The lowest BCUT2D eigenvalue weighted by atomic mass is 10.0. The average Bonchev–Trinajstić information content (AvgIpc) is 2.27. The Kier molecular flexibility index (Phi) is 3.21. The van der Waals surface area contributed by atoms with E-state index in [-0.39, 0.29) is 18.9 Å². The predicted octanol–water partition coefficient (Wildman–Crippen LogP) is 1.87. The van der Waals surface area contributed by atoms with Gasteiger partial charge in [-0.3, -0.25) is 0 Å². The largest absolute Gasteiger partial charge is 0.497 e. The van der Waals surface area contributed by atoms with E-state index >= 15 is 0 Å². The maximum Gasteiger partial charge on any atom is 0.118 e. The maximum absolute atomic E-state index is 8.92. The van der Waals surface area contributed by atoms with Gasteiger partial charge in [0, 0.05) is 7.98 Å². The van der Waals surface area contributed by atoms with Crippen molar-refractivity contribution in [2.24, 2.45) is 5.92 Å². The lowest BCUT2D eigenvalue weighted by Gasteiger charge is -2.07. The van der Waals surface area contributed by atoms with Crippen LogP contribution >= 0.6 is 0 Å². The summed E-state index contributed by atoms with van der Waals surface area (Å²) in [7, 11) is 1.61. The number of ether oxygens (including phenoxy) is 1. The van der Waals surface area contributed by atoms with Crippen molar-refractivity contribution in [3.05, 3.63) is 29.8 Å². The van der Waals surface area contributed by atoms with E-state index < -0.39 is 0 Å². The summed E-state index contributed by atoms with van der Waals surface area (Å²) in [5.74, 6) is 0.751. The molecule has 13 heavy (non-hydrogen) atoms. The second kappa shape index (κ2) is 4.87. The van der Waals surface area contributed by atoms with Gasteiger partial charge in [-0.1, -0.05) is 19.1 Å². The fourth-order valence-electron chi connectivity index (χ4n) is 1.10. The van der Waals surface area contributed by atoms with Gasteiger partial charge in [0.25, 0.3) is 0 Å². The Bertz CT molecular complexity index is 271. The van der Waals surface area contributed by atoms with Crippen molar-refractivity contribution < 1.29 is 11.2 Å². The molecule has 0 amide bonds. The van der Waals surface area contributed by atoms with Crippen molar-refractivity contribution >= 4 is 0 Å². The Hall–Kier alpha value is -1.02. The van der Waals surface area contributed by atoms with Gasteiger partial charge in [-0.25, -0.2) is 0 Å². The summed E-state index contributed by atoms with van der Waals surface area (Å²) >= 11 is 0. The molecule has 0 spiro atoms. The van der Waals surface area contributed by atoms with E-state index in [1.54, 1.807) is 7.11 Å². The monoisotopic (exact) mass is 181 g/mol. The molecule has 0 saturated heterocycles. The second-order valence-corrected chi connectivity index (χ2v) is 3.10. The van der Waals surface area contributed by atoms with Crippen LogP contribution in [0.2, 0.25) is 0 Å². The molecule has 0 aliphatic heterocycles. The molecule has 1 rings (SSSR count). The molecule has 0 radical (unpaired) electrons. The molecule has 0 aliphatic rings. The third-order valence-corrected chi connectivity index (χ3v) is 1.88. The van der Waals surface area contributed by atoms with Gasteiger partial charge in [-0.05, 0) is 30.0 Å². The molecule has 0 bridgehead atoms. The number of methoxy groups -OCH3 is 1. The van der Waals surface area contributed by atoms with Gasteiger partial charge in [-0.2, -0.15) is 0 Å². The van der Waals surface area contributed by atoms with Crippen LogP contribution < -0.4 is 4.74 Å². The van der Waals surface area contributed by atoms with Gasteiger partial charge in [0.05, 0.1) is 7.11 Å². The number of benzene rings is 1.